The standard InChI is InChI=1S/C18H26S2/c1-6-17(4,5)14-11-12-16(20-14)18(7-2,8-3)15-10-9-13-19-15/h9-13H,6-8H2,1-5H3. The highest BCUT2D eigenvalue weighted by Crippen LogP contribution is 2.46. The third kappa shape index (κ3) is 2.60. The van der Waals surface area contributed by atoms with Crippen LogP contribution in [0.4, 0.5) is 0 Å². The SMILES string of the molecule is CCC(C)(C)c1ccc(C(CC)(CC)c2cccs2)s1. The van der Waals surface area contributed by atoms with Crippen LogP contribution < -0.4 is 0 Å². The molecule has 0 radical (unpaired) electrons. The van der Waals surface area contributed by atoms with Crippen molar-refractivity contribution < 1.29 is 0 Å². The number of thiophene rings is 2. The van der Waals surface area contributed by atoms with Gasteiger partial charge in [0.2, 0.25) is 0 Å². The van der Waals surface area contributed by atoms with Crippen molar-refractivity contribution >= 4 is 22.7 Å². The molecule has 0 nitrogen and oxygen atoms in total. The summed E-state index contributed by atoms with van der Waals surface area (Å²) in [5.74, 6) is 0. The van der Waals surface area contributed by atoms with E-state index in [9.17, 15) is 0 Å². The van der Waals surface area contributed by atoms with E-state index in [4.69, 9.17) is 0 Å². The van der Waals surface area contributed by atoms with E-state index in [0.29, 0.717) is 5.41 Å². The average molecular weight is 307 g/mol. The Bertz CT molecular complexity index is 528. The van der Waals surface area contributed by atoms with Crippen molar-refractivity contribution in [1.29, 1.82) is 0 Å². The number of hydrogen-bond acceptors (Lipinski definition) is 2. The van der Waals surface area contributed by atoms with Crippen molar-refractivity contribution in [2.45, 2.75) is 64.7 Å². The minimum atomic E-state index is 0.223. The lowest BCUT2D eigenvalue weighted by atomic mass is 9.79. The van der Waals surface area contributed by atoms with Gasteiger partial charge in [-0.3, -0.25) is 0 Å². The van der Waals surface area contributed by atoms with Crippen molar-refractivity contribution in [3.63, 3.8) is 0 Å². The molecule has 20 heavy (non-hydrogen) atoms. The summed E-state index contributed by atoms with van der Waals surface area (Å²) >= 11 is 3.93. The van der Waals surface area contributed by atoms with Gasteiger partial charge in [-0.2, -0.15) is 0 Å². The molecule has 2 rings (SSSR count). The molecule has 110 valence electrons. The molecule has 2 aromatic heterocycles. The molecule has 0 N–H and O–H groups in total. The largest absolute Gasteiger partial charge is 0.148 e. The number of rotatable bonds is 6. The van der Waals surface area contributed by atoms with Crippen LogP contribution in [0, 0.1) is 0 Å². The lowest BCUT2D eigenvalue weighted by Crippen LogP contribution is -2.23. The van der Waals surface area contributed by atoms with Crippen LogP contribution in [0.3, 0.4) is 0 Å². The van der Waals surface area contributed by atoms with Gasteiger partial charge in [0, 0.05) is 20.0 Å². The third-order valence-corrected chi connectivity index (χ3v) is 7.56. The molecule has 0 amide bonds. The number of hydrogen-bond donors (Lipinski definition) is 0. The Labute approximate surface area is 131 Å². The van der Waals surface area contributed by atoms with Crippen molar-refractivity contribution in [2.75, 3.05) is 0 Å². The summed E-state index contributed by atoms with van der Waals surface area (Å²) in [6.45, 7) is 11.6. The Morgan fingerprint density at radius 2 is 1.50 bits per heavy atom. The maximum absolute atomic E-state index is 2.38. The Morgan fingerprint density at radius 1 is 0.850 bits per heavy atom. The van der Waals surface area contributed by atoms with Crippen LogP contribution in [-0.2, 0) is 10.8 Å². The van der Waals surface area contributed by atoms with Crippen LogP contribution in [0.15, 0.2) is 29.6 Å². The Morgan fingerprint density at radius 3 is 2.00 bits per heavy atom. The van der Waals surface area contributed by atoms with Gasteiger partial charge in [-0.1, -0.05) is 40.7 Å². The quantitative estimate of drug-likeness (QED) is 0.563. The smallest absolute Gasteiger partial charge is 0.0385 e. The zero-order valence-electron chi connectivity index (χ0n) is 13.3. The molecule has 2 heteroatoms. The maximum atomic E-state index is 2.38. The summed E-state index contributed by atoms with van der Waals surface area (Å²) < 4.78 is 0. The normalized spacial score (nSPS) is 12.8. The minimum Gasteiger partial charge on any atom is -0.148 e. The fourth-order valence-electron chi connectivity index (χ4n) is 2.75. The van der Waals surface area contributed by atoms with Crippen molar-refractivity contribution in [3.8, 4) is 0 Å². The van der Waals surface area contributed by atoms with Crippen LogP contribution >= 0.6 is 22.7 Å². The summed E-state index contributed by atoms with van der Waals surface area (Å²) in [7, 11) is 0. The van der Waals surface area contributed by atoms with Gasteiger partial charge in [0.1, 0.15) is 0 Å². The third-order valence-electron chi connectivity index (χ3n) is 4.83. The molecule has 0 saturated carbocycles. The summed E-state index contributed by atoms with van der Waals surface area (Å²) in [4.78, 5) is 4.59. The highest BCUT2D eigenvalue weighted by molar-refractivity contribution is 7.13. The molecule has 0 bridgehead atoms. The molecule has 0 unspecified atom stereocenters. The van der Waals surface area contributed by atoms with Crippen LogP contribution in [-0.4, -0.2) is 0 Å². The van der Waals surface area contributed by atoms with E-state index in [1.165, 1.54) is 29.0 Å². The van der Waals surface area contributed by atoms with Gasteiger partial charge >= 0.3 is 0 Å². The Kier molecular flexibility index (Phi) is 4.76. The maximum Gasteiger partial charge on any atom is 0.0385 e. The van der Waals surface area contributed by atoms with E-state index in [1.54, 1.807) is 4.88 Å². The van der Waals surface area contributed by atoms with Gasteiger partial charge in [0.05, 0.1) is 0 Å². The predicted molar refractivity (Wildman–Crippen MR) is 93.3 cm³/mol. The molecule has 2 aromatic rings. The Balaban J connectivity index is 2.47. The first kappa shape index (κ1) is 15.8. The van der Waals surface area contributed by atoms with Gasteiger partial charge < -0.3 is 0 Å². The zero-order chi connectivity index (χ0) is 14.8. The molecule has 0 fully saturated rings. The minimum absolute atomic E-state index is 0.223. The first-order chi connectivity index (χ1) is 9.50. The van der Waals surface area contributed by atoms with Crippen molar-refractivity contribution in [3.05, 3.63) is 44.3 Å². The highest BCUT2D eigenvalue weighted by atomic mass is 32.1. The molecular formula is C18H26S2. The van der Waals surface area contributed by atoms with Gasteiger partial charge in [-0.25, -0.2) is 0 Å². The van der Waals surface area contributed by atoms with Crippen LogP contribution in [0.1, 0.15) is 68.5 Å². The summed E-state index contributed by atoms with van der Waals surface area (Å²) in [6, 6.07) is 9.23. The fraction of sp³-hybridized carbons (Fsp3) is 0.556. The molecule has 2 heterocycles. The van der Waals surface area contributed by atoms with E-state index in [2.05, 4.69) is 64.3 Å². The lowest BCUT2D eigenvalue weighted by molar-refractivity contribution is 0.497. The Hall–Kier alpha value is -0.600. The van der Waals surface area contributed by atoms with Crippen LogP contribution in [0.5, 0.6) is 0 Å². The van der Waals surface area contributed by atoms with Gasteiger partial charge in [0.15, 0.2) is 0 Å². The van der Waals surface area contributed by atoms with Crippen LogP contribution in [0.25, 0.3) is 0 Å². The molecule has 0 spiro atoms. The molecule has 0 aliphatic heterocycles. The van der Waals surface area contributed by atoms with Crippen LogP contribution in [0.2, 0.25) is 0 Å². The average Bonchev–Trinajstić information content (AvgIpc) is 3.13. The first-order valence-corrected chi connectivity index (χ1v) is 9.34. The second kappa shape index (κ2) is 6.03. The molecular weight excluding hydrogens is 280 g/mol. The summed E-state index contributed by atoms with van der Waals surface area (Å²) in [5.41, 5.74) is 0.520. The first-order valence-electron chi connectivity index (χ1n) is 7.65. The van der Waals surface area contributed by atoms with Crippen molar-refractivity contribution in [2.24, 2.45) is 0 Å². The topological polar surface area (TPSA) is 0 Å². The second-order valence-corrected chi connectivity index (χ2v) is 8.20. The van der Waals surface area contributed by atoms with Gasteiger partial charge in [0.25, 0.3) is 0 Å². The molecule has 0 aromatic carbocycles. The van der Waals surface area contributed by atoms with E-state index < -0.39 is 0 Å². The second-order valence-electron chi connectivity index (χ2n) is 6.17. The fourth-order valence-corrected chi connectivity index (χ4v) is 5.43. The van der Waals surface area contributed by atoms with Crippen molar-refractivity contribution in [1.82, 2.24) is 0 Å². The van der Waals surface area contributed by atoms with E-state index >= 15 is 0 Å². The highest BCUT2D eigenvalue weighted by Gasteiger charge is 2.34. The van der Waals surface area contributed by atoms with Gasteiger partial charge in [-0.05, 0) is 48.3 Å². The molecule has 0 saturated heterocycles. The van der Waals surface area contributed by atoms with E-state index in [-0.39, 0.29) is 5.41 Å². The zero-order valence-corrected chi connectivity index (χ0v) is 15.0. The molecule has 0 atom stereocenters. The van der Waals surface area contributed by atoms with Gasteiger partial charge in [-0.15, -0.1) is 22.7 Å². The van der Waals surface area contributed by atoms with E-state index in [0.717, 1.165) is 0 Å². The molecule has 0 aliphatic rings. The summed E-state index contributed by atoms with van der Waals surface area (Å²) in [5, 5.41) is 2.21. The van der Waals surface area contributed by atoms with E-state index in [1.807, 2.05) is 22.7 Å². The lowest BCUT2D eigenvalue weighted by Gasteiger charge is -2.30. The molecule has 0 aliphatic carbocycles. The monoisotopic (exact) mass is 306 g/mol. The predicted octanol–water partition coefficient (Wildman–Crippen LogP) is 6.60. The summed E-state index contributed by atoms with van der Waals surface area (Å²) in [6.07, 6.45) is 3.55.